The molecule has 7 nitrogen and oxygen atoms in total. The number of carbonyl (C=O) groups excluding carboxylic acids is 1. The first-order chi connectivity index (χ1) is 10.3. The van der Waals surface area contributed by atoms with Crippen molar-refractivity contribution in [2.24, 2.45) is 0 Å². The van der Waals surface area contributed by atoms with Gasteiger partial charge in [0.05, 0.1) is 6.61 Å². The Morgan fingerprint density at radius 2 is 1.86 bits per heavy atom. The van der Waals surface area contributed by atoms with Gasteiger partial charge in [-0.05, 0) is 30.9 Å². The highest BCUT2D eigenvalue weighted by Crippen LogP contribution is 2.36. The van der Waals surface area contributed by atoms with Crippen molar-refractivity contribution in [3.63, 3.8) is 0 Å². The molecule has 1 aromatic rings. The molecule has 0 radical (unpaired) electrons. The number of unbranched alkanes of at least 4 members (excludes halogenated alkanes) is 1. The molecule has 0 aromatic heterocycles. The van der Waals surface area contributed by atoms with E-state index in [0.29, 0.717) is 0 Å². The standard InChI is InChI=1S/C14H22NO6P/c1-3-4-5-12-6-8-13(9-7-12)10-20-15-11(2)14(16)21-22(17,18)19/h6-9,11,15H,3-5,10H2,1-2H3,(H2,17,18,19)/t11-/m0/s1. The summed E-state index contributed by atoms with van der Waals surface area (Å²) in [5.74, 6) is -1.08. The molecular formula is C14H22NO6P. The average Bonchev–Trinajstić information content (AvgIpc) is 2.44. The minimum Gasteiger partial charge on any atom is -0.369 e. The van der Waals surface area contributed by atoms with E-state index in [9.17, 15) is 9.36 Å². The van der Waals surface area contributed by atoms with Crippen molar-refractivity contribution in [1.29, 1.82) is 0 Å². The Balaban J connectivity index is 2.34. The van der Waals surface area contributed by atoms with Crippen LogP contribution in [0.3, 0.4) is 0 Å². The quantitative estimate of drug-likeness (QED) is 0.470. The second kappa shape index (κ2) is 9.02. The highest BCUT2D eigenvalue weighted by atomic mass is 31.2. The Hall–Kier alpha value is -1.24. The van der Waals surface area contributed by atoms with E-state index in [1.165, 1.54) is 12.5 Å². The fraction of sp³-hybridized carbons (Fsp3) is 0.500. The van der Waals surface area contributed by atoms with Crippen molar-refractivity contribution in [2.75, 3.05) is 0 Å². The van der Waals surface area contributed by atoms with Gasteiger partial charge in [0.15, 0.2) is 0 Å². The van der Waals surface area contributed by atoms with Crippen molar-refractivity contribution in [2.45, 2.75) is 45.8 Å². The minimum atomic E-state index is -4.83. The summed E-state index contributed by atoms with van der Waals surface area (Å²) in [7, 11) is -4.83. The molecule has 0 aliphatic rings. The summed E-state index contributed by atoms with van der Waals surface area (Å²) >= 11 is 0. The number of benzene rings is 1. The van der Waals surface area contributed by atoms with E-state index < -0.39 is 19.8 Å². The monoisotopic (exact) mass is 331 g/mol. The van der Waals surface area contributed by atoms with Crippen LogP contribution < -0.4 is 5.48 Å². The normalized spacial score (nSPS) is 12.9. The van der Waals surface area contributed by atoms with Gasteiger partial charge in [-0.2, -0.15) is 5.48 Å². The van der Waals surface area contributed by atoms with Gasteiger partial charge in [0, 0.05) is 0 Å². The second-order valence-corrected chi connectivity index (χ2v) is 6.11. The van der Waals surface area contributed by atoms with E-state index in [-0.39, 0.29) is 6.61 Å². The van der Waals surface area contributed by atoms with E-state index in [0.717, 1.165) is 24.8 Å². The second-order valence-electron chi connectivity index (χ2n) is 4.95. The third-order valence-electron chi connectivity index (χ3n) is 2.90. The van der Waals surface area contributed by atoms with Crippen molar-refractivity contribution >= 4 is 13.8 Å². The molecule has 0 fully saturated rings. The van der Waals surface area contributed by atoms with Gasteiger partial charge in [0.2, 0.25) is 0 Å². The SMILES string of the molecule is CCCCc1ccc(CON[C@@H](C)C(=O)OP(=O)(O)O)cc1. The van der Waals surface area contributed by atoms with E-state index in [1.54, 1.807) is 0 Å². The molecule has 0 aliphatic carbocycles. The zero-order valence-corrected chi connectivity index (χ0v) is 13.6. The minimum absolute atomic E-state index is 0.224. The molecular weight excluding hydrogens is 309 g/mol. The first kappa shape index (κ1) is 18.8. The van der Waals surface area contributed by atoms with Crippen LogP contribution in [0.25, 0.3) is 0 Å². The molecule has 0 amide bonds. The third kappa shape index (κ3) is 7.68. The molecule has 0 heterocycles. The fourth-order valence-electron chi connectivity index (χ4n) is 1.68. The van der Waals surface area contributed by atoms with Gasteiger partial charge >= 0.3 is 13.8 Å². The zero-order chi connectivity index (χ0) is 16.6. The summed E-state index contributed by atoms with van der Waals surface area (Å²) in [4.78, 5) is 33.5. The van der Waals surface area contributed by atoms with Crippen LogP contribution in [0.5, 0.6) is 0 Å². The predicted molar refractivity (Wildman–Crippen MR) is 80.6 cm³/mol. The number of hydrogen-bond acceptors (Lipinski definition) is 5. The van der Waals surface area contributed by atoms with E-state index in [4.69, 9.17) is 14.6 Å². The zero-order valence-electron chi connectivity index (χ0n) is 12.7. The highest BCUT2D eigenvalue weighted by Gasteiger charge is 2.24. The molecule has 0 unspecified atom stereocenters. The number of rotatable bonds is 9. The molecule has 0 bridgehead atoms. The first-order valence-corrected chi connectivity index (χ1v) is 8.59. The highest BCUT2D eigenvalue weighted by molar-refractivity contribution is 7.46. The van der Waals surface area contributed by atoms with Gasteiger partial charge in [-0.1, -0.05) is 37.6 Å². The Labute approximate surface area is 129 Å². The molecule has 1 atom stereocenters. The summed E-state index contributed by atoms with van der Waals surface area (Å²) in [6.45, 7) is 3.75. The number of carbonyl (C=O) groups is 1. The van der Waals surface area contributed by atoms with E-state index in [1.807, 2.05) is 24.3 Å². The van der Waals surface area contributed by atoms with Crippen LogP contribution in [-0.2, 0) is 31.7 Å². The molecule has 124 valence electrons. The maximum absolute atomic E-state index is 11.3. The molecule has 3 N–H and O–H groups in total. The van der Waals surface area contributed by atoms with E-state index in [2.05, 4.69) is 16.9 Å². The molecule has 0 aliphatic heterocycles. The van der Waals surface area contributed by atoms with Gasteiger partial charge in [-0.25, -0.2) is 9.36 Å². The van der Waals surface area contributed by atoms with Gasteiger partial charge in [0.25, 0.3) is 0 Å². The van der Waals surface area contributed by atoms with Gasteiger partial charge < -0.3 is 4.52 Å². The molecule has 8 heteroatoms. The maximum Gasteiger partial charge on any atom is 0.527 e. The lowest BCUT2D eigenvalue weighted by atomic mass is 10.1. The van der Waals surface area contributed by atoms with Crippen LogP contribution in [0, 0.1) is 0 Å². The molecule has 22 heavy (non-hydrogen) atoms. The lowest BCUT2D eigenvalue weighted by molar-refractivity contribution is -0.142. The molecule has 0 saturated heterocycles. The number of hydroxylamine groups is 1. The number of hydrogen-bond donors (Lipinski definition) is 3. The summed E-state index contributed by atoms with van der Waals surface area (Å²) in [5.41, 5.74) is 4.57. The van der Waals surface area contributed by atoms with Crippen molar-refractivity contribution in [1.82, 2.24) is 5.48 Å². The first-order valence-electron chi connectivity index (χ1n) is 7.06. The van der Waals surface area contributed by atoms with Crippen molar-refractivity contribution in [3.8, 4) is 0 Å². The van der Waals surface area contributed by atoms with Crippen LogP contribution in [0.1, 0.15) is 37.8 Å². The van der Waals surface area contributed by atoms with Crippen LogP contribution in [0.2, 0.25) is 0 Å². The van der Waals surface area contributed by atoms with Gasteiger partial charge in [-0.15, -0.1) is 0 Å². The fourth-order valence-corrected chi connectivity index (χ4v) is 2.07. The van der Waals surface area contributed by atoms with Gasteiger partial charge in [0.1, 0.15) is 6.04 Å². The smallest absolute Gasteiger partial charge is 0.369 e. The Morgan fingerprint density at radius 3 is 2.41 bits per heavy atom. The van der Waals surface area contributed by atoms with Crippen molar-refractivity contribution in [3.05, 3.63) is 35.4 Å². The van der Waals surface area contributed by atoms with Crippen molar-refractivity contribution < 1.29 is 28.5 Å². The Morgan fingerprint density at radius 1 is 1.27 bits per heavy atom. The Bertz CT molecular complexity index is 513. The molecule has 1 aromatic carbocycles. The van der Waals surface area contributed by atoms with Crippen LogP contribution in [-0.4, -0.2) is 21.8 Å². The molecule has 1 rings (SSSR count). The van der Waals surface area contributed by atoms with E-state index >= 15 is 0 Å². The summed E-state index contributed by atoms with van der Waals surface area (Å²) in [6, 6.07) is 6.94. The van der Waals surface area contributed by atoms with Crippen LogP contribution >= 0.6 is 7.82 Å². The topological polar surface area (TPSA) is 105 Å². The number of phosphoric ester groups is 1. The summed E-state index contributed by atoms with van der Waals surface area (Å²) in [6.07, 6.45) is 3.34. The van der Waals surface area contributed by atoms with Gasteiger partial charge in [-0.3, -0.25) is 14.6 Å². The Kier molecular flexibility index (Phi) is 7.72. The predicted octanol–water partition coefficient (Wildman–Crippen LogP) is 2.07. The largest absolute Gasteiger partial charge is 0.527 e. The van der Waals surface area contributed by atoms with Crippen LogP contribution in [0.4, 0.5) is 0 Å². The summed E-state index contributed by atoms with van der Waals surface area (Å²) < 4.78 is 14.5. The maximum atomic E-state index is 11.3. The lowest BCUT2D eigenvalue weighted by Gasteiger charge is -2.13. The number of phosphoric acid groups is 1. The average molecular weight is 331 g/mol. The summed E-state index contributed by atoms with van der Waals surface area (Å²) in [5, 5.41) is 0. The lowest BCUT2D eigenvalue weighted by Crippen LogP contribution is -2.34. The number of nitrogens with one attached hydrogen (secondary N) is 1. The van der Waals surface area contributed by atoms with Crippen LogP contribution in [0.15, 0.2) is 24.3 Å². The third-order valence-corrected chi connectivity index (χ3v) is 3.32. The molecule has 0 saturated carbocycles. The number of aryl methyl sites for hydroxylation is 1. The molecule has 0 spiro atoms.